The van der Waals surface area contributed by atoms with E-state index < -0.39 is 0 Å². The fourth-order valence-corrected chi connectivity index (χ4v) is 3.98. The summed E-state index contributed by atoms with van der Waals surface area (Å²) in [6.07, 6.45) is 0.445. The maximum Gasteiger partial charge on any atom is 0.237 e. The van der Waals surface area contributed by atoms with Gasteiger partial charge in [-0.1, -0.05) is 54.6 Å². The van der Waals surface area contributed by atoms with E-state index in [0.29, 0.717) is 32.6 Å². The van der Waals surface area contributed by atoms with Crippen molar-refractivity contribution in [3.8, 4) is 0 Å². The van der Waals surface area contributed by atoms with Gasteiger partial charge in [0.25, 0.3) is 0 Å². The molecule has 1 heterocycles. The molecule has 1 aliphatic rings. The van der Waals surface area contributed by atoms with Crippen molar-refractivity contribution in [1.29, 1.82) is 0 Å². The van der Waals surface area contributed by atoms with Crippen molar-refractivity contribution in [2.24, 2.45) is 0 Å². The van der Waals surface area contributed by atoms with Crippen molar-refractivity contribution in [1.82, 2.24) is 14.7 Å². The second kappa shape index (κ2) is 10.1. The van der Waals surface area contributed by atoms with Crippen molar-refractivity contribution in [2.75, 3.05) is 32.7 Å². The summed E-state index contributed by atoms with van der Waals surface area (Å²) >= 11 is 0. The number of rotatable bonds is 6. The fourth-order valence-electron chi connectivity index (χ4n) is 3.98. The molecule has 2 aromatic carbocycles. The van der Waals surface area contributed by atoms with Gasteiger partial charge in [-0.05, 0) is 44.4 Å². The van der Waals surface area contributed by atoms with Gasteiger partial charge in [0.2, 0.25) is 11.8 Å². The third-order valence-corrected chi connectivity index (χ3v) is 5.98. The summed E-state index contributed by atoms with van der Waals surface area (Å²) < 4.78 is 0. The van der Waals surface area contributed by atoms with Gasteiger partial charge in [0, 0.05) is 38.3 Å². The maximum atomic E-state index is 13.2. The van der Waals surface area contributed by atoms with Crippen molar-refractivity contribution < 1.29 is 9.59 Å². The molecule has 1 aliphatic heterocycles. The first-order valence-electron chi connectivity index (χ1n) is 11.1. The third-order valence-electron chi connectivity index (χ3n) is 5.98. The summed E-state index contributed by atoms with van der Waals surface area (Å²) in [7, 11) is 0. The zero-order valence-electron chi connectivity index (χ0n) is 19.3. The van der Waals surface area contributed by atoms with Crippen molar-refractivity contribution in [3.05, 3.63) is 71.3 Å². The van der Waals surface area contributed by atoms with E-state index >= 15 is 0 Å². The van der Waals surface area contributed by atoms with Gasteiger partial charge >= 0.3 is 0 Å². The molecular formula is C26H35N3O2. The van der Waals surface area contributed by atoms with Crippen LogP contribution in [0.5, 0.6) is 0 Å². The smallest absolute Gasteiger partial charge is 0.237 e. The second-order valence-electron chi connectivity index (χ2n) is 9.40. The Morgan fingerprint density at radius 2 is 1.52 bits per heavy atom. The Kier molecular flexibility index (Phi) is 7.50. The SMILES string of the molecule is Cc1ccccc1CC(=O)N1CCN(CC(=O)N(Cc2ccccc2)C(C)(C)C)CC1. The van der Waals surface area contributed by atoms with Crippen LogP contribution in [0.15, 0.2) is 54.6 Å². The Morgan fingerprint density at radius 3 is 2.13 bits per heavy atom. The van der Waals surface area contributed by atoms with Crippen LogP contribution in [0.4, 0.5) is 0 Å². The third kappa shape index (κ3) is 6.41. The van der Waals surface area contributed by atoms with Gasteiger partial charge in [0.15, 0.2) is 0 Å². The average Bonchev–Trinajstić information content (AvgIpc) is 2.74. The van der Waals surface area contributed by atoms with Gasteiger partial charge < -0.3 is 9.80 Å². The van der Waals surface area contributed by atoms with Gasteiger partial charge in [-0.2, -0.15) is 0 Å². The van der Waals surface area contributed by atoms with Crippen molar-refractivity contribution in [2.45, 2.75) is 46.2 Å². The highest BCUT2D eigenvalue weighted by Crippen LogP contribution is 2.19. The summed E-state index contributed by atoms with van der Waals surface area (Å²) in [5.41, 5.74) is 3.13. The average molecular weight is 422 g/mol. The Labute approximate surface area is 186 Å². The van der Waals surface area contributed by atoms with Crippen molar-refractivity contribution >= 4 is 11.8 Å². The van der Waals surface area contributed by atoms with Crippen LogP contribution in [0.3, 0.4) is 0 Å². The summed E-state index contributed by atoms with van der Waals surface area (Å²) in [6.45, 7) is 12.1. The number of piperazine rings is 1. The zero-order chi connectivity index (χ0) is 22.4. The standard InChI is InChI=1S/C26H35N3O2/c1-21-10-8-9-13-23(21)18-24(30)28-16-14-27(15-17-28)20-25(31)29(26(2,3)4)19-22-11-6-5-7-12-22/h5-13H,14-20H2,1-4H3. The first kappa shape index (κ1) is 23.0. The second-order valence-corrected chi connectivity index (χ2v) is 9.40. The van der Waals surface area contributed by atoms with Crippen LogP contribution in [-0.2, 0) is 22.6 Å². The summed E-state index contributed by atoms with van der Waals surface area (Å²) in [5, 5.41) is 0. The highest BCUT2D eigenvalue weighted by Gasteiger charge is 2.29. The van der Waals surface area contributed by atoms with E-state index in [1.807, 2.05) is 59.2 Å². The monoisotopic (exact) mass is 421 g/mol. The zero-order valence-corrected chi connectivity index (χ0v) is 19.3. The van der Waals surface area contributed by atoms with Crippen LogP contribution in [0.25, 0.3) is 0 Å². The minimum Gasteiger partial charge on any atom is -0.340 e. The molecule has 0 saturated carbocycles. The number of aryl methyl sites for hydroxylation is 1. The quantitative estimate of drug-likeness (QED) is 0.717. The van der Waals surface area contributed by atoms with Crippen LogP contribution < -0.4 is 0 Å². The molecule has 0 aliphatic carbocycles. The minimum atomic E-state index is -0.252. The molecule has 0 radical (unpaired) electrons. The normalized spacial score (nSPS) is 15.0. The van der Waals surface area contributed by atoms with Gasteiger partial charge in [-0.25, -0.2) is 0 Å². The molecule has 5 heteroatoms. The number of nitrogens with zero attached hydrogens (tertiary/aromatic N) is 3. The molecular weight excluding hydrogens is 386 g/mol. The van der Waals surface area contributed by atoms with Crippen LogP contribution in [0, 0.1) is 6.92 Å². The maximum absolute atomic E-state index is 13.2. The molecule has 0 N–H and O–H groups in total. The highest BCUT2D eigenvalue weighted by molar-refractivity contribution is 5.80. The number of hydrogen-bond donors (Lipinski definition) is 0. The predicted molar refractivity (Wildman–Crippen MR) is 125 cm³/mol. The molecule has 31 heavy (non-hydrogen) atoms. The van der Waals surface area contributed by atoms with E-state index in [0.717, 1.165) is 29.8 Å². The number of carbonyl (C=O) groups excluding carboxylic acids is 2. The fraction of sp³-hybridized carbons (Fsp3) is 0.462. The number of benzene rings is 2. The molecule has 1 saturated heterocycles. The molecule has 2 aromatic rings. The molecule has 1 fully saturated rings. The predicted octanol–water partition coefficient (Wildman–Crippen LogP) is 3.51. The van der Waals surface area contributed by atoms with E-state index in [-0.39, 0.29) is 17.4 Å². The first-order valence-corrected chi connectivity index (χ1v) is 11.1. The lowest BCUT2D eigenvalue weighted by atomic mass is 10.0. The lowest BCUT2D eigenvalue weighted by molar-refractivity contribution is -0.139. The molecule has 3 rings (SSSR count). The Morgan fingerprint density at radius 1 is 0.903 bits per heavy atom. The van der Waals surface area contributed by atoms with Gasteiger partial charge in [-0.15, -0.1) is 0 Å². The van der Waals surface area contributed by atoms with Gasteiger partial charge in [0.1, 0.15) is 0 Å². The van der Waals surface area contributed by atoms with E-state index in [4.69, 9.17) is 0 Å². The lowest BCUT2D eigenvalue weighted by Crippen LogP contribution is -2.54. The van der Waals surface area contributed by atoms with E-state index in [9.17, 15) is 9.59 Å². The van der Waals surface area contributed by atoms with E-state index in [2.05, 4.69) is 37.8 Å². The first-order chi connectivity index (χ1) is 14.7. The Bertz CT molecular complexity index is 881. The largest absolute Gasteiger partial charge is 0.340 e. The molecule has 166 valence electrons. The van der Waals surface area contributed by atoms with E-state index in [1.165, 1.54) is 0 Å². The Balaban J connectivity index is 1.53. The molecule has 0 unspecified atom stereocenters. The number of amides is 2. The molecule has 0 aromatic heterocycles. The molecule has 0 bridgehead atoms. The van der Waals surface area contributed by atoms with Gasteiger partial charge in [-0.3, -0.25) is 14.5 Å². The molecule has 0 spiro atoms. The van der Waals surface area contributed by atoms with Crippen LogP contribution in [0.2, 0.25) is 0 Å². The lowest BCUT2D eigenvalue weighted by Gasteiger charge is -2.39. The van der Waals surface area contributed by atoms with Crippen LogP contribution in [0.1, 0.15) is 37.5 Å². The summed E-state index contributed by atoms with van der Waals surface area (Å²) in [6, 6.07) is 18.2. The topological polar surface area (TPSA) is 43.9 Å². The van der Waals surface area contributed by atoms with Crippen LogP contribution >= 0.6 is 0 Å². The van der Waals surface area contributed by atoms with E-state index in [1.54, 1.807) is 0 Å². The molecule has 0 atom stereocenters. The Hall–Kier alpha value is -2.66. The van der Waals surface area contributed by atoms with Crippen LogP contribution in [-0.4, -0.2) is 64.8 Å². The molecule has 5 nitrogen and oxygen atoms in total. The summed E-state index contributed by atoms with van der Waals surface area (Å²) in [4.78, 5) is 31.9. The van der Waals surface area contributed by atoms with Gasteiger partial charge in [0.05, 0.1) is 13.0 Å². The number of hydrogen-bond acceptors (Lipinski definition) is 3. The summed E-state index contributed by atoms with van der Waals surface area (Å²) in [5.74, 6) is 0.303. The molecule has 2 amide bonds. The minimum absolute atomic E-state index is 0.135. The highest BCUT2D eigenvalue weighted by atomic mass is 16.2. The number of carbonyl (C=O) groups is 2. The van der Waals surface area contributed by atoms with Crippen molar-refractivity contribution in [3.63, 3.8) is 0 Å².